The molecule has 218 valence electrons. The second kappa shape index (κ2) is 12.6. The summed E-state index contributed by atoms with van der Waals surface area (Å²) in [6, 6.07) is 31.0. The van der Waals surface area contributed by atoms with Crippen molar-refractivity contribution >= 4 is 62.0 Å². The van der Waals surface area contributed by atoms with Crippen molar-refractivity contribution in [2.24, 2.45) is 0 Å². The van der Waals surface area contributed by atoms with Crippen LogP contribution >= 0.6 is 39.3 Å². The lowest BCUT2D eigenvalue weighted by atomic mass is 9.91. The van der Waals surface area contributed by atoms with Gasteiger partial charge in [-0.15, -0.1) is 11.8 Å². The number of aryl methyl sites for hydroxylation is 1. The molecule has 1 saturated heterocycles. The molecule has 2 heterocycles. The molecule has 5 aromatic rings. The molecule has 1 aliphatic rings. The fourth-order valence-corrected chi connectivity index (χ4v) is 7.47. The SMILES string of the molecule is Cc1ccc(SC2(C(=O)NNCc3ccccc3)CC(=O)N(Cc3ccc(Br)cc3)C2c2c[nH]c3cc(Cl)ccc23)cc1. The number of likely N-dealkylation sites (tertiary alicyclic amines) is 1. The summed E-state index contributed by atoms with van der Waals surface area (Å²) in [6.45, 7) is 2.84. The highest BCUT2D eigenvalue weighted by molar-refractivity contribution is 9.10. The number of benzene rings is 4. The average Bonchev–Trinajstić information content (AvgIpc) is 3.53. The van der Waals surface area contributed by atoms with Gasteiger partial charge < -0.3 is 9.88 Å². The summed E-state index contributed by atoms with van der Waals surface area (Å²) in [7, 11) is 0. The number of amides is 2. The van der Waals surface area contributed by atoms with E-state index in [1.54, 1.807) is 0 Å². The predicted molar refractivity (Wildman–Crippen MR) is 177 cm³/mol. The van der Waals surface area contributed by atoms with E-state index < -0.39 is 10.8 Å². The van der Waals surface area contributed by atoms with E-state index in [0.717, 1.165) is 42.5 Å². The Morgan fingerprint density at radius 2 is 1.77 bits per heavy atom. The molecule has 2 amide bonds. The number of hydrazine groups is 1. The van der Waals surface area contributed by atoms with Gasteiger partial charge in [0.1, 0.15) is 4.75 Å². The Kier molecular flexibility index (Phi) is 8.63. The Hall–Kier alpha value is -3.56. The number of H-pyrrole nitrogens is 1. The first-order chi connectivity index (χ1) is 20.8. The van der Waals surface area contributed by atoms with Crippen LogP contribution in [0.4, 0.5) is 0 Å². The summed E-state index contributed by atoms with van der Waals surface area (Å²) in [5, 5.41) is 1.53. The van der Waals surface area contributed by atoms with E-state index in [0.29, 0.717) is 18.1 Å². The number of aromatic amines is 1. The number of thioether (sulfide) groups is 1. The van der Waals surface area contributed by atoms with Gasteiger partial charge in [-0.05, 0) is 54.4 Å². The van der Waals surface area contributed by atoms with Gasteiger partial charge in [-0.2, -0.15) is 0 Å². The fraction of sp³-hybridized carbons (Fsp3) is 0.176. The summed E-state index contributed by atoms with van der Waals surface area (Å²) in [6.07, 6.45) is 1.94. The van der Waals surface area contributed by atoms with E-state index in [2.05, 4.69) is 31.8 Å². The highest BCUT2D eigenvalue weighted by atomic mass is 79.9. The summed E-state index contributed by atoms with van der Waals surface area (Å²) in [4.78, 5) is 34.7. The van der Waals surface area contributed by atoms with Crippen LogP contribution in [-0.4, -0.2) is 26.4 Å². The van der Waals surface area contributed by atoms with Crippen LogP contribution in [-0.2, 0) is 22.7 Å². The van der Waals surface area contributed by atoms with Gasteiger partial charge in [0, 0.05) is 50.1 Å². The molecule has 0 bridgehead atoms. The van der Waals surface area contributed by atoms with Gasteiger partial charge in [-0.1, -0.05) is 93.8 Å². The van der Waals surface area contributed by atoms with Gasteiger partial charge in [0.25, 0.3) is 5.91 Å². The summed E-state index contributed by atoms with van der Waals surface area (Å²) >= 11 is 11.3. The molecule has 1 aromatic heterocycles. The van der Waals surface area contributed by atoms with Gasteiger partial charge in [0.15, 0.2) is 0 Å². The number of halogens is 2. The third kappa shape index (κ3) is 6.24. The quantitative estimate of drug-likeness (QED) is 0.140. The Bertz CT molecular complexity index is 1760. The number of rotatable bonds is 9. The second-order valence-corrected chi connectivity index (χ2v) is 13.5. The average molecular weight is 674 g/mol. The molecule has 9 heteroatoms. The number of nitrogens with one attached hydrogen (secondary N) is 3. The minimum Gasteiger partial charge on any atom is -0.361 e. The van der Waals surface area contributed by atoms with Crippen molar-refractivity contribution in [3.63, 3.8) is 0 Å². The van der Waals surface area contributed by atoms with E-state index in [4.69, 9.17) is 11.6 Å². The Morgan fingerprint density at radius 1 is 1.02 bits per heavy atom. The smallest absolute Gasteiger partial charge is 0.253 e. The van der Waals surface area contributed by atoms with Crippen LogP contribution in [0.2, 0.25) is 5.02 Å². The molecule has 3 N–H and O–H groups in total. The summed E-state index contributed by atoms with van der Waals surface area (Å²) < 4.78 is -0.220. The van der Waals surface area contributed by atoms with Gasteiger partial charge >= 0.3 is 0 Å². The molecule has 43 heavy (non-hydrogen) atoms. The Balaban J connectivity index is 1.45. The normalized spacial score (nSPS) is 18.3. The number of nitrogens with zero attached hydrogens (tertiary/aromatic N) is 1. The van der Waals surface area contributed by atoms with E-state index in [1.807, 2.05) is 115 Å². The number of aromatic nitrogens is 1. The van der Waals surface area contributed by atoms with Crippen LogP contribution in [0, 0.1) is 6.92 Å². The fourth-order valence-electron chi connectivity index (χ4n) is 5.64. The van der Waals surface area contributed by atoms with Crippen molar-refractivity contribution in [3.05, 3.63) is 135 Å². The maximum Gasteiger partial charge on any atom is 0.253 e. The topological polar surface area (TPSA) is 77.2 Å². The molecule has 6 rings (SSSR count). The second-order valence-electron chi connectivity index (χ2n) is 10.8. The molecule has 0 spiro atoms. The van der Waals surface area contributed by atoms with Crippen molar-refractivity contribution in [3.8, 4) is 0 Å². The summed E-state index contributed by atoms with van der Waals surface area (Å²) in [5.74, 6) is -0.344. The van der Waals surface area contributed by atoms with Gasteiger partial charge in [-0.25, -0.2) is 5.43 Å². The lowest BCUT2D eigenvalue weighted by Gasteiger charge is -2.36. The Labute approximate surface area is 268 Å². The zero-order chi connectivity index (χ0) is 30.0. The standard InChI is InChI=1S/C34H30BrClN4O2S/c1-22-7-14-27(15-8-22)43-34(33(42)39-38-19-23-5-3-2-4-6-23)18-31(41)40(21-24-9-11-25(35)12-10-24)32(34)29-20-37-30-17-26(36)13-16-28(29)30/h2-17,20,32,37-38H,18-19,21H2,1H3,(H,39,42). The molecular formula is C34H30BrClN4O2S. The molecular weight excluding hydrogens is 644 g/mol. The lowest BCUT2D eigenvalue weighted by Crippen LogP contribution is -2.52. The molecule has 4 aromatic carbocycles. The highest BCUT2D eigenvalue weighted by Gasteiger charge is 2.58. The van der Waals surface area contributed by atoms with E-state index >= 15 is 0 Å². The van der Waals surface area contributed by atoms with Gasteiger partial charge in [0.05, 0.1) is 12.5 Å². The predicted octanol–water partition coefficient (Wildman–Crippen LogP) is 7.72. The lowest BCUT2D eigenvalue weighted by molar-refractivity contribution is -0.129. The zero-order valence-electron chi connectivity index (χ0n) is 23.4. The molecule has 0 saturated carbocycles. The number of carbonyl (C=O) groups is 2. The molecule has 0 aliphatic carbocycles. The first-order valence-electron chi connectivity index (χ1n) is 14.0. The third-order valence-corrected chi connectivity index (χ3v) is 9.96. The van der Waals surface area contributed by atoms with Crippen molar-refractivity contribution < 1.29 is 9.59 Å². The van der Waals surface area contributed by atoms with Gasteiger partial charge in [-0.3, -0.25) is 15.0 Å². The minimum atomic E-state index is -1.18. The highest BCUT2D eigenvalue weighted by Crippen LogP contribution is 2.54. The molecule has 6 nitrogen and oxygen atoms in total. The number of hydrogen-bond acceptors (Lipinski definition) is 4. The van der Waals surface area contributed by atoms with Crippen molar-refractivity contribution in [1.29, 1.82) is 0 Å². The molecule has 1 fully saturated rings. The first-order valence-corrected chi connectivity index (χ1v) is 15.9. The van der Waals surface area contributed by atoms with Crippen LogP contribution in [0.15, 0.2) is 113 Å². The zero-order valence-corrected chi connectivity index (χ0v) is 26.6. The first kappa shape index (κ1) is 29.5. The maximum absolute atomic E-state index is 14.5. The van der Waals surface area contributed by atoms with E-state index in [1.165, 1.54) is 11.8 Å². The largest absolute Gasteiger partial charge is 0.361 e. The maximum atomic E-state index is 14.5. The Morgan fingerprint density at radius 3 is 2.51 bits per heavy atom. The van der Waals surface area contributed by atoms with Gasteiger partial charge in [0.2, 0.25) is 5.91 Å². The minimum absolute atomic E-state index is 0.0336. The van der Waals surface area contributed by atoms with E-state index in [9.17, 15) is 9.59 Å². The number of carbonyl (C=O) groups excluding carboxylic acids is 2. The summed E-state index contributed by atoms with van der Waals surface area (Å²) in [5.41, 5.74) is 11.0. The number of fused-ring (bicyclic) bond motifs is 1. The van der Waals surface area contributed by atoms with Crippen molar-refractivity contribution in [2.45, 2.75) is 42.1 Å². The molecule has 2 atom stereocenters. The van der Waals surface area contributed by atoms with Crippen LogP contribution in [0.1, 0.15) is 34.7 Å². The van der Waals surface area contributed by atoms with E-state index in [-0.39, 0.29) is 18.2 Å². The monoisotopic (exact) mass is 672 g/mol. The van der Waals surface area contributed by atoms with Crippen LogP contribution in [0.5, 0.6) is 0 Å². The molecule has 1 aliphatic heterocycles. The third-order valence-electron chi connectivity index (χ3n) is 7.77. The molecule has 0 radical (unpaired) electrons. The molecule has 2 unspecified atom stereocenters. The van der Waals surface area contributed by atoms with Crippen molar-refractivity contribution in [1.82, 2.24) is 20.7 Å². The van der Waals surface area contributed by atoms with Crippen LogP contribution in [0.3, 0.4) is 0 Å². The van der Waals surface area contributed by atoms with Crippen LogP contribution < -0.4 is 10.9 Å². The number of hydrogen-bond donors (Lipinski definition) is 3. The van der Waals surface area contributed by atoms with Crippen molar-refractivity contribution in [2.75, 3.05) is 0 Å². The van der Waals surface area contributed by atoms with Crippen LogP contribution in [0.25, 0.3) is 10.9 Å².